The Morgan fingerprint density at radius 3 is 2.78 bits per heavy atom. The number of hydrogen-bond donors (Lipinski definition) is 2. The third kappa shape index (κ3) is 3.17. The maximum Gasteiger partial charge on any atom is 0.337 e. The largest absolute Gasteiger partial charge is 0.478 e. The number of halogens is 1. The molecule has 1 aromatic heterocycles. The van der Waals surface area contributed by atoms with Crippen LogP contribution in [0.3, 0.4) is 0 Å². The van der Waals surface area contributed by atoms with Crippen molar-refractivity contribution in [2.24, 2.45) is 0 Å². The summed E-state index contributed by atoms with van der Waals surface area (Å²) in [5.41, 5.74) is 1.98. The first kappa shape index (κ1) is 15.1. The van der Waals surface area contributed by atoms with E-state index in [1.54, 1.807) is 17.0 Å². The molecule has 0 saturated carbocycles. The number of carbonyl (C=O) groups is 2. The van der Waals surface area contributed by atoms with Crippen molar-refractivity contribution in [2.75, 3.05) is 5.32 Å². The Balaban J connectivity index is 1.77. The highest BCUT2D eigenvalue weighted by Crippen LogP contribution is 2.21. The number of para-hydroxylation sites is 2. The van der Waals surface area contributed by atoms with Crippen LogP contribution in [-0.2, 0) is 11.3 Å². The van der Waals surface area contributed by atoms with Gasteiger partial charge in [0, 0.05) is 5.69 Å². The third-order valence-corrected chi connectivity index (χ3v) is 3.65. The topological polar surface area (TPSA) is 84.2 Å². The van der Waals surface area contributed by atoms with Gasteiger partial charge >= 0.3 is 5.97 Å². The number of aromatic carboxylic acids is 1. The van der Waals surface area contributed by atoms with Crippen LogP contribution < -0.4 is 5.32 Å². The fraction of sp³-hybridized carbons (Fsp3) is 0.0625. The van der Waals surface area contributed by atoms with Gasteiger partial charge in [0.25, 0.3) is 0 Å². The average Bonchev–Trinajstić information content (AvgIpc) is 2.92. The van der Waals surface area contributed by atoms with Crippen molar-refractivity contribution in [1.82, 2.24) is 9.55 Å². The summed E-state index contributed by atoms with van der Waals surface area (Å²) in [4.78, 5) is 27.4. The average molecular weight is 330 g/mol. The molecule has 2 aromatic carbocycles. The highest BCUT2D eigenvalue weighted by molar-refractivity contribution is 6.33. The fourth-order valence-corrected chi connectivity index (χ4v) is 2.46. The maximum absolute atomic E-state index is 12.1. The Morgan fingerprint density at radius 1 is 1.22 bits per heavy atom. The second-order valence-electron chi connectivity index (χ2n) is 4.91. The number of aromatic nitrogens is 2. The molecule has 0 aliphatic heterocycles. The van der Waals surface area contributed by atoms with Gasteiger partial charge in [-0.1, -0.05) is 23.7 Å². The van der Waals surface area contributed by atoms with E-state index in [-0.39, 0.29) is 23.0 Å². The molecule has 2 N–H and O–H groups in total. The zero-order chi connectivity index (χ0) is 16.4. The van der Waals surface area contributed by atoms with E-state index in [1.807, 2.05) is 24.3 Å². The summed E-state index contributed by atoms with van der Waals surface area (Å²) in [5.74, 6) is -1.43. The van der Waals surface area contributed by atoms with Gasteiger partial charge in [0.2, 0.25) is 5.91 Å². The van der Waals surface area contributed by atoms with E-state index in [0.717, 1.165) is 11.0 Å². The van der Waals surface area contributed by atoms with Crippen LogP contribution in [0.4, 0.5) is 5.69 Å². The number of carbonyl (C=O) groups excluding carboxylic acids is 1. The first-order chi connectivity index (χ1) is 11.0. The standard InChI is InChI=1S/C16H12ClN3O3/c17-12-6-5-10(7-11(12)16(22)23)19-15(21)8-20-9-18-13-3-1-2-4-14(13)20/h1-7,9H,8H2,(H,19,21)(H,22,23). The smallest absolute Gasteiger partial charge is 0.337 e. The summed E-state index contributed by atoms with van der Waals surface area (Å²) < 4.78 is 1.72. The first-order valence-electron chi connectivity index (χ1n) is 6.77. The van der Waals surface area contributed by atoms with E-state index in [9.17, 15) is 9.59 Å². The van der Waals surface area contributed by atoms with Gasteiger partial charge in [-0.2, -0.15) is 0 Å². The van der Waals surface area contributed by atoms with Gasteiger partial charge in [0.15, 0.2) is 0 Å². The predicted octanol–water partition coefficient (Wildman–Crippen LogP) is 3.03. The van der Waals surface area contributed by atoms with Crippen molar-refractivity contribution < 1.29 is 14.7 Å². The van der Waals surface area contributed by atoms with E-state index in [1.165, 1.54) is 12.1 Å². The Bertz CT molecular complexity index is 904. The summed E-state index contributed by atoms with van der Waals surface area (Å²) in [7, 11) is 0. The minimum Gasteiger partial charge on any atom is -0.478 e. The monoisotopic (exact) mass is 329 g/mol. The second kappa shape index (κ2) is 6.10. The van der Waals surface area contributed by atoms with Crippen LogP contribution in [0.2, 0.25) is 5.02 Å². The lowest BCUT2D eigenvalue weighted by Crippen LogP contribution is -2.18. The summed E-state index contributed by atoms with van der Waals surface area (Å²) in [6, 6.07) is 11.8. The predicted molar refractivity (Wildman–Crippen MR) is 86.8 cm³/mol. The highest BCUT2D eigenvalue weighted by atomic mass is 35.5. The molecule has 6 nitrogen and oxygen atoms in total. The number of anilines is 1. The molecule has 0 fully saturated rings. The molecular formula is C16H12ClN3O3. The fourth-order valence-electron chi connectivity index (χ4n) is 2.26. The quantitative estimate of drug-likeness (QED) is 0.770. The number of nitrogens with zero attached hydrogens (tertiary/aromatic N) is 2. The highest BCUT2D eigenvalue weighted by Gasteiger charge is 2.12. The number of nitrogens with one attached hydrogen (secondary N) is 1. The lowest BCUT2D eigenvalue weighted by Gasteiger charge is -2.08. The lowest BCUT2D eigenvalue weighted by atomic mass is 10.2. The van der Waals surface area contributed by atoms with E-state index < -0.39 is 5.97 Å². The van der Waals surface area contributed by atoms with Gasteiger partial charge < -0.3 is 15.0 Å². The molecule has 7 heteroatoms. The van der Waals surface area contributed by atoms with Gasteiger partial charge in [0.1, 0.15) is 6.54 Å². The van der Waals surface area contributed by atoms with Crippen molar-refractivity contribution in [3.05, 3.63) is 59.4 Å². The molecule has 3 rings (SSSR count). The molecule has 0 spiro atoms. The van der Waals surface area contributed by atoms with Crippen molar-refractivity contribution in [2.45, 2.75) is 6.54 Å². The summed E-state index contributed by atoms with van der Waals surface area (Å²) in [6.07, 6.45) is 1.59. The van der Waals surface area contributed by atoms with Crippen LogP contribution in [0.25, 0.3) is 11.0 Å². The third-order valence-electron chi connectivity index (χ3n) is 3.32. The molecule has 116 valence electrons. The van der Waals surface area contributed by atoms with Crippen molar-refractivity contribution in [3.8, 4) is 0 Å². The normalized spacial score (nSPS) is 10.7. The van der Waals surface area contributed by atoms with Crippen LogP contribution in [0.1, 0.15) is 10.4 Å². The molecule has 0 bridgehead atoms. The first-order valence-corrected chi connectivity index (χ1v) is 7.15. The molecule has 0 aliphatic carbocycles. The maximum atomic E-state index is 12.1. The van der Waals surface area contributed by atoms with E-state index >= 15 is 0 Å². The van der Waals surface area contributed by atoms with Crippen LogP contribution in [0, 0.1) is 0 Å². The van der Waals surface area contributed by atoms with Crippen molar-refractivity contribution >= 4 is 40.2 Å². The second-order valence-corrected chi connectivity index (χ2v) is 5.32. The van der Waals surface area contributed by atoms with Gasteiger partial charge in [-0.15, -0.1) is 0 Å². The van der Waals surface area contributed by atoms with Crippen molar-refractivity contribution in [1.29, 1.82) is 0 Å². The van der Waals surface area contributed by atoms with E-state index in [4.69, 9.17) is 16.7 Å². The number of amides is 1. The Hall–Kier alpha value is -2.86. The molecule has 1 amide bonds. The van der Waals surface area contributed by atoms with Gasteiger partial charge in [-0.05, 0) is 30.3 Å². The number of carboxylic acid groups (broad SMARTS) is 1. The van der Waals surface area contributed by atoms with Crippen molar-refractivity contribution in [3.63, 3.8) is 0 Å². The number of carboxylic acids is 1. The van der Waals surface area contributed by atoms with Gasteiger partial charge in [-0.3, -0.25) is 4.79 Å². The van der Waals surface area contributed by atoms with Crippen LogP contribution in [0.15, 0.2) is 48.8 Å². The molecule has 0 radical (unpaired) electrons. The Labute approximate surface area is 136 Å². The molecule has 23 heavy (non-hydrogen) atoms. The number of fused-ring (bicyclic) bond motifs is 1. The Morgan fingerprint density at radius 2 is 2.00 bits per heavy atom. The Kier molecular flexibility index (Phi) is 3.99. The number of benzene rings is 2. The minimum atomic E-state index is -1.15. The molecule has 0 atom stereocenters. The summed E-state index contributed by atoms with van der Waals surface area (Å²) in [6.45, 7) is 0.0749. The molecule has 0 saturated heterocycles. The van der Waals surface area contributed by atoms with E-state index in [2.05, 4.69) is 10.3 Å². The van der Waals surface area contributed by atoms with E-state index in [0.29, 0.717) is 5.69 Å². The number of hydrogen-bond acceptors (Lipinski definition) is 3. The summed E-state index contributed by atoms with van der Waals surface area (Å²) in [5, 5.41) is 11.8. The lowest BCUT2D eigenvalue weighted by molar-refractivity contribution is -0.116. The molecule has 3 aromatic rings. The molecule has 0 aliphatic rings. The number of rotatable bonds is 4. The van der Waals surface area contributed by atoms with Crippen LogP contribution in [-0.4, -0.2) is 26.5 Å². The zero-order valence-corrected chi connectivity index (χ0v) is 12.6. The minimum absolute atomic E-state index is 0.0578. The summed E-state index contributed by atoms with van der Waals surface area (Å²) >= 11 is 5.80. The molecule has 1 heterocycles. The molecular weight excluding hydrogens is 318 g/mol. The SMILES string of the molecule is O=C(Cn1cnc2ccccc21)Nc1ccc(Cl)c(C(=O)O)c1. The van der Waals surface area contributed by atoms with Gasteiger partial charge in [0.05, 0.1) is 27.9 Å². The van der Waals surface area contributed by atoms with Gasteiger partial charge in [-0.25, -0.2) is 9.78 Å². The zero-order valence-electron chi connectivity index (χ0n) is 11.9. The van der Waals surface area contributed by atoms with Crippen LogP contribution in [0.5, 0.6) is 0 Å². The molecule has 0 unspecified atom stereocenters. The number of imidazole rings is 1. The van der Waals surface area contributed by atoms with Crippen LogP contribution >= 0.6 is 11.6 Å².